The van der Waals surface area contributed by atoms with Gasteiger partial charge in [0.1, 0.15) is 0 Å². The van der Waals surface area contributed by atoms with Crippen molar-refractivity contribution < 1.29 is 8.78 Å². The van der Waals surface area contributed by atoms with E-state index in [0.29, 0.717) is 12.0 Å². The Morgan fingerprint density at radius 2 is 2.00 bits per heavy atom. The molecule has 12 heavy (non-hydrogen) atoms. The van der Waals surface area contributed by atoms with Crippen molar-refractivity contribution >= 4 is 0 Å². The van der Waals surface area contributed by atoms with E-state index in [2.05, 4.69) is 11.8 Å². The van der Waals surface area contributed by atoms with E-state index in [1.54, 1.807) is 0 Å². The van der Waals surface area contributed by atoms with E-state index < -0.39 is 11.6 Å². The lowest BCUT2D eigenvalue weighted by Crippen LogP contribution is -1.84. The third-order valence-electron chi connectivity index (χ3n) is 1.33. The summed E-state index contributed by atoms with van der Waals surface area (Å²) in [5, 5.41) is 0. The highest BCUT2D eigenvalue weighted by Crippen LogP contribution is 2.07. The van der Waals surface area contributed by atoms with Crippen molar-refractivity contribution in [3.63, 3.8) is 0 Å². The van der Waals surface area contributed by atoms with E-state index in [1.807, 2.05) is 6.92 Å². The highest BCUT2D eigenvalue weighted by atomic mass is 19.2. The molecule has 0 spiro atoms. The minimum absolute atomic E-state index is 0.510. The van der Waals surface area contributed by atoms with Crippen molar-refractivity contribution in [1.82, 2.24) is 0 Å². The molecule has 62 valence electrons. The molecular formula is C10H8F2. The average Bonchev–Trinajstić information content (AvgIpc) is 2.07. The predicted octanol–water partition coefficient (Wildman–Crippen LogP) is 2.73. The normalized spacial score (nSPS) is 8.92. The van der Waals surface area contributed by atoms with Crippen LogP contribution >= 0.6 is 0 Å². The molecule has 0 unspecified atom stereocenters. The summed E-state index contributed by atoms with van der Waals surface area (Å²) in [5.74, 6) is 3.79. The van der Waals surface area contributed by atoms with Crippen LogP contribution in [-0.2, 0) is 0 Å². The minimum Gasteiger partial charge on any atom is -0.204 e. The molecule has 0 amide bonds. The zero-order valence-corrected chi connectivity index (χ0v) is 6.70. The molecular weight excluding hydrogens is 158 g/mol. The molecule has 0 saturated carbocycles. The number of halogens is 2. The van der Waals surface area contributed by atoms with Gasteiger partial charge in [-0.05, 0) is 18.2 Å². The second-order valence-electron chi connectivity index (χ2n) is 2.28. The van der Waals surface area contributed by atoms with Crippen molar-refractivity contribution in [1.29, 1.82) is 0 Å². The quantitative estimate of drug-likeness (QED) is 0.520. The fourth-order valence-electron chi connectivity index (χ4n) is 0.764. The smallest absolute Gasteiger partial charge is 0.160 e. The van der Waals surface area contributed by atoms with Crippen molar-refractivity contribution in [3.8, 4) is 11.8 Å². The van der Waals surface area contributed by atoms with Gasteiger partial charge in [-0.2, -0.15) is 0 Å². The van der Waals surface area contributed by atoms with Crippen LogP contribution in [-0.4, -0.2) is 0 Å². The molecule has 0 nitrogen and oxygen atoms in total. The third-order valence-corrected chi connectivity index (χ3v) is 1.33. The van der Waals surface area contributed by atoms with Gasteiger partial charge in [0.15, 0.2) is 11.6 Å². The van der Waals surface area contributed by atoms with Gasteiger partial charge in [0, 0.05) is 12.0 Å². The highest BCUT2D eigenvalue weighted by Gasteiger charge is 1.99. The average molecular weight is 166 g/mol. The lowest BCUT2D eigenvalue weighted by molar-refractivity contribution is 0.508. The van der Waals surface area contributed by atoms with Crippen LogP contribution in [0.2, 0.25) is 0 Å². The second-order valence-corrected chi connectivity index (χ2v) is 2.28. The molecule has 1 aromatic rings. The molecule has 0 radical (unpaired) electrons. The Hall–Kier alpha value is -1.36. The fraction of sp³-hybridized carbons (Fsp3) is 0.200. The van der Waals surface area contributed by atoms with Gasteiger partial charge in [-0.3, -0.25) is 0 Å². The van der Waals surface area contributed by atoms with Gasteiger partial charge < -0.3 is 0 Å². The summed E-state index contributed by atoms with van der Waals surface area (Å²) < 4.78 is 25.0. The Kier molecular flexibility index (Phi) is 2.82. The SMILES string of the molecule is CCC#Cc1ccc(F)c(F)c1. The minimum atomic E-state index is -0.849. The van der Waals surface area contributed by atoms with Crippen LogP contribution in [0.15, 0.2) is 18.2 Å². The summed E-state index contributed by atoms with van der Waals surface area (Å²) in [4.78, 5) is 0. The van der Waals surface area contributed by atoms with Crippen molar-refractivity contribution in [2.75, 3.05) is 0 Å². The van der Waals surface area contributed by atoms with E-state index in [9.17, 15) is 8.78 Å². The first-order chi connectivity index (χ1) is 5.74. The van der Waals surface area contributed by atoms with Gasteiger partial charge in [0.05, 0.1) is 0 Å². The largest absolute Gasteiger partial charge is 0.204 e. The van der Waals surface area contributed by atoms with E-state index in [4.69, 9.17) is 0 Å². The maximum absolute atomic E-state index is 12.6. The number of hydrogen-bond donors (Lipinski definition) is 0. The number of rotatable bonds is 0. The van der Waals surface area contributed by atoms with Crippen LogP contribution in [0.5, 0.6) is 0 Å². The molecule has 0 aliphatic carbocycles. The van der Waals surface area contributed by atoms with Crippen LogP contribution in [0.4, 0.5) is 8.78 Å². The summed E-state index contributed by atoms with van der Waals surface area (Å²) >= 11 is 0. The van der Waals surface area contributed by atoms with Crippen molar-refractivity contribution in [2.45, 2.75) is 13.3 Å². The molecule has 2 heteroatoms. The van der Waals surface area contributed by atoms with Crippen LogP contribution in [0.3, 0.4) is 0 Å². The topological polar surface area (TPSA) is 0 Å². The Labute approximate surface area is 70.2 Å². The second kappa shape index (κ2) is 3.87. The van der Waals surface area contributed by atoms with E-state index in [0.717, 1.165) is 12.1 Å². The van der Waals surface area contributed by atoms with Gasteiger partial charge in [-0.1, -0.05) is 18.8 Å². The summed E-state index contributed by atoms with van der Waals surface area (Å²) in [6, 6.07) is 3.63. The summed E-state index contributed by atoms with van der Waals surface area (Å²) in [7, 11) is 0. The molecule has 0 bridgehead atoms. The molecule has 1 aromatic carbocycles. The summed E-state index contributed by atoms with van der Waals surface area (Å²) in [6.07, 6.45) is 0.707. The van der Waals surface area contributed by atoms with Crippen LogP contribution in [0.25, 0.3) is 0 Å². The summed E-state index contributed by atoms with van der Waals surface area (Å²) in [5.41, 5.74) is 0.510. The molecule has 0 saturated heterocycles. The molecule has 0 fully saturated rings. The van der Waals surface area contributed by atoms with Crippen LogP contribution in [0, 0.1) is 23.5 Å². The van der Waals surface area contributed by atoms with Gasteiger partial charge in [0.2, 0.25) is 0 Å². The molecule has 0 atom stereocenters. The van der Waals surface area contributed by atoms with Crippen molar-refractivity contribution in [2.24, 2.45) is 0 Å². The predicted molar refractivity (Wildman–Crippen MR) is 43.5 cm³/mol. The van der Waals surface area contributed by atoms with E-state index in [1.165, 1.54) is 6.07 Å². The maximum atomic E-state index is 12.6. The van der Waals surface area contributed by atoms with Crippen LogP contribution < -0.4 is 0 Å². The zero-order chi connectivity index (χ0) is 8.97. The lowest BCUT2D eigenvalue weighted by atomic mass is 10.2. The van der Waals surface area contributed by atoms with E-state index >= 15 is 0 Å². The Morgan fingerprint density at radius 3 is 2.58 bits per heavy atom. The van der Waals surface area contributed by atoms with Gasteiger partial charge >= 0.3 is 0 Å². The van der Waals surface area contributed by atoms with Gasteiger partial charge in [-0.15, -0.1) is 0 Å². The molecule has 0 N–H and O–H groups in total. The zero-order valence-electron chi connectivity index (χ0n) is 6.70. The van der Waals surface area contributed by atoms with Gasteiger partial charge in [0.25, 0.3) is 0 Å². The lowest BCUT2D eigenvalue weighted by Gasteiger charge is -1.92. The molecule has 0 aliphatic heterocycles. The standard InChI is InChI=1S/C10H8F2/c1-2-3-4-8-5-6-9(11)10(12)7-8/h5-7H,2H2,1H3. The Balaban J connectivity index is 2.97. The van der Waals surface area contributed by atoms with E-state index in [-0.39, 0.29) is 0 Å². The Morgan fingerprint density at radius 1 is 1.25 bits per heavy atom. The number of hydrogen-bond acceptors (Lipinski definition) is 0. The monoisotopic (exact) mass is 166 g/mol. The molecule has 0 aromatic heterocycles. The van der Waals surface area contributed by atoms with Gasteiger partial charge in [-0.25, -0.2) is 8.78 Å². The molecule has 0 aliphatic rings. The number of benzene rings is 1. The highest BCUT2D eigenvalue weighted by molar-refractivity contribution is 5.34. The van der Waals surface area contributed by atoms with Crippen LogP contribution in [0.1, 0.15) is 18.9 Å². The fourth-order valence-corrected chi connectivity index (χ4v) is 0.764. The first-order valence-corrected chi connectivity index (χ1v) is 3.68. The first-order valence-electron chi connectivity index (χ1n) is 3.68. The van der Waals surface area contributed by atoms with Crippen molar-refractivity contribution in [3.05, 3.63) is 35.4 Å². The third kappa shape index (κ3) is 2.06. The summed E-state index contributed by atoms with van der Waals surface area (Å²) in [6.45, 7) is 1.90. The first kappa shape index (κ1) is 8.73. The molecule has 0 heterocycles. The Bertz CT molecular complexity index is 331. The molecule has 1 rings (SSSR count). The maximum Gasteiger partial charge on any atom is 0.160 e.